The molecule has 250 valence electrons. The van der Waals surface area contributed by atoms with E-state index in [1.807, 2.05) is 13.8 Å². The first kappa shape index (κ1) is 35.2. The number of hydrogen-bond donors (Lipinski definition) is 3. The van der Waals surface area contributed by atoms with Crippen molar-refractivity contribution in [3.05, 3.63) is 92.8 Å². The maximum atomic E-state index is 15.5. The second kappa shape index (κ2) is 14.4. The summed E-state index contributed by atoms with van der Waals surface area (Å²) in [6, 6.07) is 9.16. The molecular weight excluding hydrogens is 609 g/mol. The first-order valence-electron chi connectivity index (χ1n) is 15.8. The fourth-order valence-electron chi connectivity index (χ4n) is 5.92. The predicted molar refractivity (Wildman–Crippen MR) is 178 cm³/mol. The largest absolute Gasteiger partial charge is 0.480 e. The van der Waals surface area contributed by atoms with Gasteiger partial charge in [0.1, 0.15) is 11.9 Å². The zero-order chi connectivity index (χ0) is 34.6. The molecule has 1 atom stereocenters. The van der Waals surface area contributed by atoms with Crippen LogP contribution in [-0.4, -0.2) is 38.6 Å². The normalized spacial score (nSPS) is 12.4. The average molecular weight is 651 g/mol. The van der Waals surface area contributed by atoms with Crippen LogP contribution in [-0.2, 0) is 24.2 Å². The number of carbonyl (C=O) groups excluding carboxylic acids is 1. The van der Waals surface area contributed by atoms with Crippen LogP contribution in [0.15, 0.2) is 53.5 Å². The Morgan fingerprint density at radius 3 is 2.38 bits per heavy atom. The van der Waals surface area contributed by atoms with Crippen LogP contribution in [0.3, 0.4) is 0 Å². The lowest BCUT2D eigenvalue weighted by molar-refractivity contribution is -0.139. The summed E-state index contributed by atoms with van der Waals surface area (Å²) in [7, 11) is 1.51. The van der Waals surface area contributed by atoms with Crippen molar-refractivity contribution in [3.8, 4) is 11.1 Å². The first-order chi connectivity index (χ1) is 22.2. The number of alkyl halides is 2. The number of aryl methyl sites for hydroxylation is 2. The van der Waals surface area contributed by atoms with E-state index in [0.29, 0.717) is 27.9 Å². The molecule has 11 heteroatoms. The van der Waals surface area contributed by atoms with Crippen molar-refractivity contribution in [2.24, 2.45) is 7.05 Å². The number of nitrogens with one attached hydrogen (secondary N) is 2. The van der Waals surface area contributed by atoms with Crippen LogP contribution in [0.4, 0.5) is 18.9 Å². The highest BCUT2D eigenvalue weighted by molar-refractivity contribution is 5.99. The number of aromatic nitrogens is 2. The van der Waals surface area contributed by atoms with E-state index in [4.69, 9.17) is 0 Å². The Labute approximate surface area is 272 Å². The van der Waals surface area contributed by atoms with E-state index in [0.717, 1.165) is 12.8 Å². The zero-order valence-corrected chi connectivity index (χ0v) is 27.5. The molecule has 3 N–H and O–H groups in total. The molecule has 2 aromatic carbocycles. The van der Waals surface area contributed by atoms with Crippen LogP contribution >= 0.6 is 0 Å². The van der Waals surface area contributed by atoms with Crippen LogP contribution < -0.4 is 16.2 Å². The second-order valence-corrected chi connectivity index (χ2v) is 11.9. The number of anilines is 1. The minimum atomic E-state index is -3.28. The quantitative estimate of drug-likeness (QED) is 0.140. The van der Waals surface area contributed by atoms with Gasteiger partial charge in [-0.05, 0) is 62.1 Å². The molecule has 0 aliphatic rings. The molecule has 2 heterocycles. The maximum absolute atomic E-state index is 15.5. The molecule has 0 bridgehead atoms. The van der Waals surface area contributed by atoms with E-state index in [1.165, 1.54) is 36.0 Å². The summed E-state index contributed by atoms with van der Waals surface area (Å²) in [5.41, 5.74) is 0.668. The summed E-state index contributed by atoms with van der Waals surface area (Å²) < 4.78 is 47.4. The molecule has 0 saturated carbocycles. The Hall–Kier alpha value is -4.67. The van der Waals surface area contributed by atoms with Gasteiger partial charge in [0.05, 0.1) is 16.6 Å². The first-order valence-corrected chi connectivity index (χ1v) is 15.8. The molecule has 2 aromatic heterocycles. The van der Waals surface area contributed by atoms with Gasteiger partial charge in [-0.25, -0.2) is 18.0 Å². The topological polar surface area (TPSA) is 113 Å². The van der Waals surface area contributed by atoms with Gasteiger partial charge >= 0.3 is 5.97 Å². The molecule has 1 amide bonds. The molecule has 0 aliphatic heterocycles. The third kappa shape index (κ3) is 7.34. The number of hydrogen-bond acceptors (Lipinski definition) is 5. The smallest absolute Gasteiger partial charge is 0.326 e. The zero-order valence-electron chi connectivity index (χ0n) is 27.5. The van der Waals surface area contributed by atoms with Crippen molar-refractivity contribution in [1.82, 2.24) is 14.9 Å². The number of benzene rings is 2. The molecule has 0 unspecified atom stereocenters. The van der Waals surface area contributed by atoms with Crippen molar-refractivity contribution >= 4 is 28.5 Å². The van der Waals surface area contributed by atoms with Gasteiger partial charge in [-0.2, -0.15) is 0 Å². The third-order valence-corrected chi connectivity index (χ3v) is 8.66. The van der Waals surface area contributed by atoms with E-state index < -0.39 is 47.2 Å². The number of pyridine rings is 2. The van der Waals surface area contributed by atoms with Crippen LogP contribution in [0.25, 0.3) is 22.0 Å². The maximum Gasteiger partial charge on any atom is 0.326 e. The third-order valence-electron chi connectivity index (χ3n) is 8.66. The molecule has 47 heavy (non-hydrogen) atoms. The number of carboxylic acids is 1. The minimum absolute atomic E-state index is 0.133. The van der Waals surface area contributed by atoms with Gasteiger partial charge < -0.3 is 20.3 Å². The van der Waals surface area contributed by atoms with E-state index >= 15 is 13.2 Å². The van der Waals surface area contributed by atoms with Crippen LogP contribution in [0.2, 0.25) is 0 Å². The summed E-state index contributed by atoms with van der Waals surface area (Å²) in [6.07, 6.45) is 2.65. The van der Waals surface area contributed by atoms with Gasteiger partial charge in [0.2, 0.25) is 0 Å². The fraction of sp³-hybridized carbons (Fsp3) is 0.389. The summed E-state index contributed by atoms with van der Waals surface area (Å²) in [6.45, 7) is 8.83. The number of halogens is 3. The number of fused-ring (bicyclic) bond motifs is 1. The average Bonchev–Trinajstić information content (AvgIpc) is 3.02. The molecule has 0 radical (unpaired) electrons. The van der Waals surface area contributed by atoms with Gasteiger partial charge in [0.15, 0.2) is 0 Å². The number of amides is 1. The van der Waals surface area contributed by atoms with Gasteiger partial charge in [0, 0.05) is 60.0 Å². The van der Waals surface area contributed by atoms with Crippen molar-refractivity contribution < 1.29 is 27.9 Å². The lowest BCUT2D eigenvalue weighted by atomic mass is 9.90. The second-order valence-electron chi connectivity index (χ2n) is 11.9. The van der Waals surface area contributed by atoms with E-state index in [2.05, 4.69) is 15.6 Å². The molecular formula is C36H41F3N4O4. The van der Waals surface area contributed by atoms with Gasteiger partial charge in [0.25, 0.3) is 17.4 Å². The number of aliphatic carboxylic acids is 1. The van der Waals surface area contributed by atoms with E-state index in [1.54, 1.807) is 45.0 Å². The van der Waals surface area contributed by atoms with E-state index in [9.17, 15) is 19.5 Å². The highest BCUT2D eigenvalue weighted by Gasteiger charge is 2.36. The molecule has 8 nitrogen and oxygen atoms in total. The number of nitrogens with zero attached hydrogens (tertiary/aromatic N) is 2. The van der Waals surface area contributed by atoms with Crippen molar-refractivity contribution in [1.29, 1.82) is 0 Å². The summed E-state index contributed by atoms with van der Waals surface area (Å²) in [5, 5.41) is 16.2. The summed E-state index contributed by atoms with van der Waals surface area (Å²) in [5.74, 6) is -6.30. The number of rotatable bonds is 13. The molecule has 4 aromatic rings. The van der Waals surface area contributed by atoms with Crippen molar-refractivity contribution in [2.75, 3.05) is 5.32 Å². The van der Waals surface area contributed by atoms with Gasteiger partial charge in [-0.1, -0.05) is 45.4 Å². The predicted octanol–water partition coefficient (Wildman–Crippen LogP) is 7.27. The highest BCUT2D eigenvalue weighted by atomic mass is 19.3. The van der Waals surface area contributed by atoms with Gasteiger partial charge in [-0.15, -0.1) is 0 Å². The molecule has 0 fully saturated rings. The Bertz CT molecular complexity index is 1840. The SMILES string of the molecule is CCCC(F)(F)c1cc(C)n(C)c(=O)c1-c1ccc(C[C@H](NC(=O)c2c(C)cc(NC(CC)CC)cc2F)C(=O)O)c2cccnc12. The Kier molecular flexibility index (Phi) is 10.8. The Balaban J connectivity index is 1.74. The van der Waals surface area contributed by atoms with Crippen LogP contribution in [0.1, 0.15) is 79.2 Å². The summed E-state index contributed by atoms with van der Waals surface area (Å²) >= 11 is 0. The summed E-state index contributed by atoms with van der Waals surface area (Å²) in [4.78, 5) is 43.6. The monoisotopic (exact) mass is 650 g/mol. The van der Waals surface area contributed by atoms with E-state index in [-0.39, 0.29) is 41.1 Å². The Morgan fingerprint density at radius 2 is 1.77 bits per heavy atom. The van der Waals surface area contributed by atoms with Crippen molar-refractivity contribution in [3.63, 3.8) is 0 Å². The Morgan fingerprint density at radius 1 is 1.06 bits per heavy atom. The lowest BCUT2D eigenvalue weighted by Gasteiger charge is -2.22. The van der Waals surface area contributed by atoms with Crippen LogP contribution in [0, 0.1) is 19.7 Å². The highest BCUT2D eigenvalue weighted by Crippen LogP contribution is 2.40. The number of carboxylic acid groups (broad SMARTS) is 1. The molecule has 0 spiro atoms. The minimum Gasteiger partial charge on any atom is -0.480 e. The standard InChI is InChI=1S/C36H41F3N4O4/c1-7-14-36(38,39)27-17-21(5)43(6)34(45)31(27)26-13-12-22(25-11-10-15-40-32(25)26)18-29(35(46)47)42-33(44)30-20(4)16-24(19-28(30)37)41-23(8-2)9-3/h10-13,15-17,19,23,29,41H,7-9,14,18H2,1-6H3,(H,42,44)(H,46,47)/t29-/m0/s1. The fourth-order valence-corrected chi connectivity index (χ4v) is 5.92. The number of carbonyl (C=O) groups is 2. The lowest BCUT2D eigenvalue weighted by Crippen LogP contribution is -2.43. The molecule has 0 aliphatic carbocycles. The van der Waals surface area contributed by atoms with Crippen LogP contribution in [0.5, 0.6) is 0 Å². The van der Waals surface area contributed by atoms with Crippen molar-refractivity contribution in [2.45, 2.75) is 84.7 Å². The molecule has 0 saturated heterocycles. The van der Waals surface area contributed by atoms with Gasteiger partial charge in [-0.3, -0.25) is 14.6 Å². The molecule has 4 rings (SSSR count).